The number of thioether (sulfide) groups is 1. The van der Waals surface area contributed by atoms with E-state index < -0.39 is 5.97 Å². The van der Waals surface area contributed by atoms with Gasteiger partial charge in [0.05, 0.1) is 16.6 Å². The average molecular weight is 338 g/mol. The van der Waals surface area contributed by atoms with Gasteiger partial charge in [-0.3, -0.25) is 14.7 Å². The second-order valence-corrected chi connectivity index (χ2v) is 6.00. The van der Waals surface area contributed by atoms with Crippen molar-refractivity contribution in [2.24, 2.45) is 4.99 Å². The molecular formula is C17H12N3O3S-. The second kappa shape index (κ2) is 6.67. The molecule has 0 spiro atoms. The molecule has 120 valence electrons. The topological polar surface area (TPSA) is 85.7 Å². The van der Waals surface area contributed by atoms with Crippen molar-refractivity contribution in [3.8, 4) is 0 Å². The van der Waals surface area contributed by atoms with E-state index in [1.54, 1.807) is 43.7 Å². The summed E-state index contributed by atoms with van der Waals surface area (Å²) in [6, 6.07) is 9.64. The lowest BCUT2D eigenvalue weighted by Crippen LogP contribution is -2.23. The third kappa shape index (κ3) is 3.36. The fourth-order valence-electron chi connectivity index (χ4n) is 2.05. The van der Waals surface area contributed by atoms with Crippen molar-refractivity contribution >= 4 is 40.6 Å². The number of carboxylic acid groups (broad SMARTS) is 1. The molecule has 1 aliphatic rings. The van der Waals surface area contributed by atoms with Crippen LogP contribution in [-0.2, 0) is 4.79 Å². The number of amidine groups is 1. The number of likely N-dealkylation sites (N-methyl/N-ethyl adjacent to an activating group) is 1. The van der Waals surface area contributed by atoms with E-state index in [2.05, 4.69) is 9.98 Å². The summed E-state index contributed by atoms with van der Waals surface area (Å²) in [6.45, 7) is 0. The molecule has 0 radical (unpaired) electrons. The predicted molar refractivity (Wildman–Crippen MR) is 90.4 cm³/mol. The Labute approximate surface area is 142 Å². The number of carbonyl (C=O) groups excluding carboxylic acids is 2. The molecule has 1 saturated heterocycles. The zero-order valence-electron chi connectivity index (χ0n) is 12.7. The molecule has 1 fully saturated rings. The van der Waals surface area contributed by atoms with Gasteiger partial charge in [-0.15, -0.1) is 0 Å². The van der Waals surface area contributed by atoms with Crippen LogP contribution in [0, 0.1) is 0 Å². The van der Waals surface area contributed by atoms with Crippen molar-refractivity contribution < 1.29 is 14.7 Å². The largest absolute Gasteiger partial charge is 0.545 e. The molecule has 1 amide bonds. The summed E-state index contributed by atoms with van der Waals surface area (Å²) in [5.74, 6) is -1.38. The van der Waals surface area contributed by atoms with Gasteiger partial charge in [0.25, 0.3) is 5.91 Å². The first kappa shape index (κ1) is 15.9. The monoisotopic (exact) mass is 338 g/mol. The van der Waals surface area contributed by atoms with Crippen molar-refractivity contribution in [2.45, 2.75) is 0 Å². The first-order valence-corrected chi connectivity index (χ1v) is 7.84. The Morgan fingerprint density at radius 2 is 2.04 bits per heavy atom. The van der Waals surface area contributed by atoms with Gasteiger partial charge in [-0.2, -0.15) is 0 Å². The predicted octanol–water partition coefficient (Wildman–Crippen LogP) is 1.68. The van der Waals surface area contributed by atoms with Gasteiger partial charge < -0.3 is 9.90 Å². The zero-order chi connectivity index (χ0) is 17.1. The zero-order valence-corrected chi connectivity index (χ0v) is 13.5. The van der Waals surface area contributed by atoms with E-state index in [1.807, 2.05) is 6.07 Å². The van der Waals surface area contributed by atoms with E-state index in [-0.39, 0.29) is 11.5 Å². The number of rotatable bonds is 3. The maximum absolute atomic E-state index is 12.3. The van der Waals surface area contributed by atoms with E-state index >= 15 is 0 Å². The standard InChI is InChI=1S/C17H13N3O3S/c1-20-15(21)14(9-11-3-2-8-18-10-11)24-17(20)19-13-6-4-12(5-7-13)16(22)23/h2-10H,1H3,(H,22,23)/p-1/b14-9+,19-17?. The van der Waals surface area contributed by atoms with Gasteiger partial charge >= 0.3 is 0 Å². The molecule has 0 aliphatic carbocycles. The molecule has 3 rings (SSSR count). The Balaban J connectivity index is 1.86. The highest BCUT2D eigenvalue weighted by Gasteiger charge is 2.30. The minimum atomic E-state index is -1.24. The second-order valence-electron chi connectivity index (χ2n) is 4.99. The van der Waals surface area contributed by atoms with Gasteiger partial charge in [0.15, 0.2) is 5.17 Å². The van der Waals surface area contributed by atoms with Gasteiger partial charge in [0, 0.05) is 19.4 Å². The van der Waals surface area contributed by atoms with Crippen LogP contribution >= 0.6 is 11.8 Å². The fraction of sp³-hybridized carbons (Fsp3) is 0.0588. The Morgan fingerprint density at radius 1 is 1.29 bits per heavy atom. The molecule has 1 aromatic carbocycles. The lowest BCUT2D eigenvalue weighted by atomic mass is 10.2. The van der Waals surface area contributed by atoms with Crippen LogP contribution in [0.4, 0.5) is 5.69 Å². The molecule has 24 heavy (non-hydrogen) atoms. The molecule has 2 aromatic rings. The SMILES string of the molecule is CN1C(=O)/C(=C\c2cccnc2)SC1=Nc1ccc(C(=O)[O-])cc1. The van der Waals surface area contributed by atoms with Gasteiger partial charge in [-0.05, 0) is 47.2 Å². The summed E-state index contributed by atoms with van der Waals surface area (Å²) in [5, 5.41) is 11.3. The Hall–Kier alpha value is -2.93. The number of benzene rings is 1. The Morgan fingerprint density at radius 3 is 2.67 bits per heavy atom. The van der Waals surface area contributed by atoms with Crippen molar-refractivity contribution in [2.75, 3.05) is 7.05 Å². The van der Waals surface area contributed by atoms with E-state index in [9.17, 15) is 14.7 Å². The molecule has 0 bridgehead atoms. The lowest BCUT2D eigenvalue weighted by molar-refractivity contribution is -0.255. The number of aromatic carboxylic acids is 1. The molecule has 2 heterocycles. The van der Waals surface area contributed by atoms with Crippen LogP contribution < -0.4 is 5.11 Å². The first-order valence-electron chi connectivity index (χ1n) is 7.02. The Bertz CT molecular complexity index is 845. The van der Waals surface area contributed by atoms with E-state index in [0.717, 1.165) is 5.56 Å². The van der Waals surface area contributed by atoms with Crippen molar-refractivity contribution in [1.29, 1.82) is 0 Å². The summed E-state index contributed by atoms with van der Waals surface area (Å²) in [7, 11) is 1.65. The van der Waals surface area contributed by atoms with Crippen LogP contribution in [0.15, 0.2) is 58.7 Å². The number of aromatic nitrogens is 1. The fourth-order valence-corrected chi connectivity index (χ4v) is 3.03. The molecule has 1 aliphatic heterocycles. The summed E-state index contributed by atoms with van der Waals surface area (Å²) in [6.07, 6.45) is 5.10. The number of hydrogen-bond acceptors (Lipinski definition) is 6. The smallest absolute Gasteiger partial charge is 0.266 e. The lowest BCUT2D eigenvalue weighted by Gasteiger charge is -2.07. The van der Waals surface area contributed by atoms with Crippen LogP contribution in [0.25, 0.3) is 6.08 Å². The molecule has 6 nitrogen and oxygen atoms in total. The molecular weight excluding hydrogens is 326 g/mol. The third-order valence-electron chi connectivity index (χ3n) is 3.31. The van der Waals surface area contributed by atoms with Crippen LogP contribution in [0.2, 0.25) is 0 Å². The number of amides is 1. The number of carbonyl (C=O) groups is 2. The normalized spacial score (nSPS) is 17.7. The highest BCUT2D eigenvalue weighted by molar-refractivity contribution is 8.18. The molecule has 0 atom stereocenters. The number of pyridine rings is 1. The number of aliphatic imine (C=N–C) groups is 1. The maximum Gasteiger partial charge on any atom is 0.266 e. The number of nitrogens with zero attached hydrogens (tertiary/aromatic N) is 3. The maximum atomic E-state index is 12.3. The van der Waals surface area contributed by atoms with Crippen LogP contribution in [-0.4, -0.2) is 34.0 Å². The summed E-state index contributed by atoms with van der Waals surface area (Å²) < 4.78 is 0. The van der Waals surface area contributed by atoms with Gasteiger partial charge in [-0.1, -0.05) is 18.2 Å². The van der Waals surface area contributed by atoms with Crippen molar-refractivity contribution in [1.82, 2.24) is 9.88 Å². The molecule has 0 unspecified atom stereocenters. The highest BCUT2D eigenvalue weighted by Crippen LogP contribution is 2.32. The minimum Gasteiger partial charge on any atom is -0.545 e. The summed E-state index contributed by atoms with van der Waals surface area (Å²) in [5.41, 5.74) is 1.48. The molecule has 7 heteroatoms. The molecule has 0 N–H and O–H groups in total. The van der Waals surface area contributed by atoms with Crippen LogP contribution in [0.5, 0.6) is 0 Å². The minimum absolute atomic E-state index is 0.0830. The van der Waals surface area contributed by atoms with Crippen LogP contribution in [0.1, 0.15) is 15.9 Å². The Kier molecular flexibility index (Phi) is 4.43. The number of carboxylic acids is 1. The van der Waals surface area contributed by atoms with Crippen LogP contribution in [0.3, 0.4) is 0 Å². The summed E-state index contributed by atoms with van der Waals surface area (Å²) in [4.78, 5) is 33.5. The van der Waals surface area contributed by atoms with Crippen molar-refractivity contribution in [3.05, 3.63) is 64.8 Å². The molecule has 0 saturated carbocycles. The van der Waals surface area contributed by atoms with E-state index in [0.29, 0.717) is 15.8 Å². The van der Waals surface area contributed by atoms with Gasteiger partial charge in [-0.25, -0.2) is 4.99 Å². The van der Waals surface area contributed by atoms with E-state index in [1.165, 1.54) is 28.8 Å². The molecule has 1 aromatic heterocycles. The van der Waals surface area contributed by atoms with Crippen molar-refractivity contribution in [3.63, 3.8) is 0 Å². The van der Waals surface area contributed by atoms with Gasteiger partial charge in [0.1, 0.15) is 0 Å². The number of hydrogen-bond donors (Lipinski definition) is 0. The first-order chi connectivity index (χ1) is 11.5. The third-order valence-corrected chi connectivity index (χ3v) is 4.37. The van der Waals surface area contributed by atoms with Gasteiger partial charge in [0.2, 0.25) is 0 Å². The summed E-state index contributed by atoms with van der Waals surface area (Å²) >= 11 is 1.26. The van der Waals surface area contributed by atoms with E-state index in [4.69, 9.17) is 0 Å². The quantitative estimate of drug-likeness (QED) is 0.795. The average Bonchev–Trinajstić information content (AvgIpc) is 2.84. The highest BCUT2D eigenvalue weighted by atomic mass is 32.2.